The Bertz CT molecular complexity index is 956. The van der Waals surface area contributed by atoms with Crippen LogP contribution < -0.4 is 10.1 Å². The standard InChI is InChI=1S/C20H17F3N2O2S/c1-13-18(28-17(24-13)11-14-7-3-2-4-8-14)19(26)25-15-9-5-6-10-16(15)27-12-20(21,22)23/h2-10H,11-12H2,1H3,(H,25,26). The lowest BCUT2D eigenvalue weighted by Gasteiger charge is -2.13. The average Bonchev–Trinajstić information content (AvgIpc) is 3.01. The maximum Gasteiger partial charge on any atom is 0.422 e. The molecule has 146 valence electrons. The van der Waals surface area contributed by atoms with Gasteiger partial charge in [0.15, 0.2) is 6.61 Å². The van der Waals surface area contributed by atoms with Crippen LogP contribution in [0, 0.1) is 6.92 Å². The van der Waals surface area contributed by atoms with Crippen molar-refractivity contribution in [3.05, 3.63) is 75.7 Å². The zero-order valence-electron chi connectivity index (χ0n) is 14.9. The van der Waals surface area contributed by atoms with Gasteiger partial charge in [-0.1, -0.05) is 42.5 Å². The monoisotopic (exact) mass is 406 g/mol. The third-order valence-corrected chi connectivity index (χ3v) is 4.93. The zero-order valence-corrected chi connectivity index (χ0v) is 15.7. The molecule has 0 saturated carbocycles. The van der Waals surface area contributed by atoms with Crippen molar-refractivity contribution in [2.24, 2.45) is 0 Å². The SMILES string of the molecule is Cc1nc(Cc2ccccc2)sc1C(=O)Nc1ccccc1OCC(F)(F)F. The van der Waals surface area contributed by atoms with Crippen molar-refractivity contribution in [3.63, 3.8) is 0 Å². The van der Waals surface area contributed by atoms with Crippen LogP contribution in [0.15, 0.2) is 54.6 Å². The van der Waals surface area contributed by atoms with Gasteiger partial charge in [0.2, 0.25) is 0 Å². The smallest absolute Gasteiger partial charge is 0.422 e. The van der Waals surface area contributed by atoms with E-state index in [-0.39, 0.29) is 11.4 Å². The minimum atomic E-state index is -4.46. The molecule has 3 rings (SSSR count). The van der Waals surface area contributed by atoms with Gasteiger partial charge in [-0.05, 0) is 24.6 Å². The molecule has 28 heavy (non-hydrogen) atoms. The van der Waals surface area contributed by atoms with E-state index in [1.54, 1.807) is 13.0 Å². The number of aromatic nitrogens is 1. The number of thiazole rings is 1. The molecule has 3 aromatic rings. The maximum atomic E-state index is 12.6. The van der Waals surface area contributed by atoms with Crippen molar-refractivity contribution in [2.75, 3.05) is 11.9 Å². The van der Waals surface area contributed by atoms with Gasteiger partial charge in [0.05, 0.1) is 16.4 Å². The van der Waals surface area contributed by atoms with Gasteiger partial charge in [0.1, 0.15) is 10.6 Å². The third-order valence-electron chi connectivity index (χ3n) is 3.77. The summed E-state index contributed by atoms with van der Waals surface area (Å²) in [6, 6.07) is 15.8. The molecule has 0 unspecified atom stereocenters. The number of carbonyl (C=O) groups excluding carboxylic acids is 1. The number of rotatable bonds is 6. The van der Waals surface area contributed by atoms with Gasteiger partial charge in [-0.3, -0.25) is 4.79 Å². The van der Waals surface area contributed by atoms with E-state index in [1.165, 1.54) is 29.5 Å². The van der Waals surface area contributed by atoms with Gasteiger partial charge in [0, 0.05) is 6.42 Å². The molecule has 0 spiro atoms. The Kier molecular flexibility index (Phi) is 5.99. The zero-order chi connectivity index (χ0) is 20.1. The molecule has 0 fully saturated rings. The second kappa shape index (κ2) is 8.43. The van der Waals surface area contributed by atoms with Crippen LogP contribution in [0.5, 0.6) is 5.75 Å². The number of hydrogen-bond acceptors (Lipinski definition) is 4. The Balaban J connectivity index is 1.73. The molecule has 0 aliphatic heterocycles. The topological polar surface area (TPSA) is 51.2 Å². The number of ether oxygens (including phenoxy) is 1. The number of amides is 1. The summed E-state index contributed by atoms with van der Waals surface area (Å²) in [5.41, 5.74) is 1.82. The number of anilines is 1. The van der Waals surface area contributed by atoms with E-state index in [1.807, 2.05) is 30.3 Å². The van der Waals surface area contributed by atoms with Crippen LogP contribution in [0.2, 0.25) is 0 Å². The van der Waals surface area contributed by atoms with Crippen LogP contribution >= 0.6 is 11.3 Å². The second-order valence-corrected chi connectivity index (χ2v) is 7.12. The summed E-state index contributed by atoms with van der Waals surface area (Å²) < 4.78 is 42.0. The largest absolute Gasteiger partial charge is 0.482 e. The highest BCUT2D eigenvalue weighted by atomic mass is 32.1. The van der Waals surface area contributed by atoms with E-state index >= 15 is 0 Å². The normalized spacial score (nSPS) is 11.3. The Morgan fingerprint density at radius 3 is 2.50 bits per heavy atom. The average molecular weight is 406 g/mol. The molecule has 1 amide bonds. The van der Waals surface area contributed by atoms with E-state index in [9.17, 15) is 18.0 Å². The number of hydrogen-bond donors (Lipinski definition) is 1. The third kappa shape index (κ3) is 5.32. The van der Waals surface area contributed by atoms with Crippen molar-refractivity contribution >= 4 is 22.9 Å². The van der Waals surface area contributed by atoms with E-state index in [0.29, 0.717) is 17.0 Å². The highest BCUT2D eigenvalue weighted by Crippen LogP contribution is 2.28. The first-order chi connectivity index (χ1) is 13.3. The molecule has 1 heterocycles. The Morgan fingerprint density at radius 1 is 1.11 bits per heavy atom. The molecule has 0 atom stereocenters. The highest BCUT2D eigenvalue weighted by molar-refractivity contribution is 7.14. The molecule has 0 bridgehead atoms. The number of carbonyl (C=O) groups is 1. The summed E-state index contributed by atoms with van der Waals surface area (Å²) in [4.78, 5) is 17.5. The number of halogens is 3. The highest BCUT2D eigenvalue weighted by Gasteiger charge is 2.29. The van der Waals surface area contributed by atoms with Gasteiger partial charge >= 0.3 is 6.18 Å². The van der Waals surface area contributed by atoms with E-state index in [0.717, 1.165) is 10.6 Å². The summed E-state index contributed by atoms with van der Waals surface area (Å²) >= 11 is 1.26. The molecule has 0 aliphatic carbocycles. The summed E-state index contributed by atoms with van der Waals surface area (Å²) in [7, 11) is 0. The molecule has 0 radical (unpaired) electrons. The fourth-order valence-electron chi connectivity index (χ4n) is 2.54. The predicted molar refractivity (Wildman–Crippen MR) is 102 cm³/mol. The van der Waals surface area contributed by atoms with Crippen LogP contribution in [-0.2, 0) is 6.42 Å². The lowest BCUT2D eigenvalue weighted by atomic mass is 10.2. The number of alkyl halides is 3. The Morgan fingerprint density at radius 2 is 1.79 bits per heavy atom. The van der Waals surface area contributed by atoms with Gasteiger partial charge < -0.3 is 10.1 Å². The van der Waals surface area contributed by atoms with Crippen LogP contribution in [0.25, 0.3) is 0 Å². The van der Waals surface area contributed by atoms with Crippen molar-refractivity contribution in [1.82, 2.24) is 4.98 Å². The van der Waals surface area contributed by atoms with Crippen molar-refractivity contribution in [2.45, 2.75) is 19.5 Å². The van der Waals surface area contributed by atoms with Crippen molar-refractivity contribution in [3.8, 4) is 5.75 Å². The number of nitrogens with one attached hydrogen (secondary N) is 1. The number of nitrogens with zero attached hydrogens (tertiary/aromatic N) is 1. The molecule has 1 N–H and O–H groups in total. The Hall–Kier alpha value is -2.87. The van der Waals surface area contributed by atoms with Crippen LogP contribution in [0.3, 0.4) is 0 Å². The first-order valence-corrected chi connectivity index (χ1v) is 9.23. The number of para-hydroxylation sites is 2. The number of aryl methyl sites for hydroxylation is 1. The van der Waals surface area contributed by atoms with Gasteiger partial charge in [0.25, 0.3) is 5.91 Å². The quantitative estimate of drug-likeness (QED) is 0.609. The molecule has 1 aromatic heterocycles. The molecular formula is C20H17F3N2O2S. The summed E-state index contributed by atoms with van der Waals surface area (Å²) in [5.74, 6) is -0.475. The first-order valence-electron chi connectivity index (χ1n) is 8.42. The van der Waals surface area contributed by atoms with Gasteiger partial charge in [-0.25, -0.2) is 4.98 Å². The lowest BCUT2D eigenvalue weighted by Crippen LogP contribution is -2.20. The van der Waals surface area contributed by atoms with Crippen molar-refractivity contribution in [1.29, 1.82) is 0 Å². The minimum Gasteiger partial charge on any atom is -0.482 e. The van der Waals surface area contributed by atoms with E-state index in [2.05, 4.69) is 10.3 Å². The van der Waals surface area contributed by atoms with Crippen LogP contribution in [0.4, 0.5) is 18.9 Å². The molecule has 0 aliphatic rings. The summed E-state index contributed by atoms with van der Waals surface area (Å²) in [5, 5.41) is 3.41. The molecule has 8 heteroatoms. The minimum absolute atomic E-state index is 0.0418. The molecule has 4 nitrogen and oxygen atoms in total. The molecular weight excluding hydrogens is 389 g/mol. The summed E-state index contributed by atoms with van der Waals surface area (Å²) in [6.45, 7) is 0.298. The van der Waals surface area contributed by atoms with Crippen molar-refractivity contribution < 1.29 is 22.7 Å². The fraction of sp³-hybridized carbons (Fsp3) is 0.200. The van der Waals surface area contributed by atoms with Crippen LogP contribution in [0.1, 0.15) is 25.9 Å². The summed E-state index contributed by atoms with van der Waals surface area (Å²) in [6.07, 6.45) is -3.86. The maximum absolute atomic E-state index is 12.6. The fourth-order valence-corrected chi connectivity index (χ4v) is 3.54. The second-order valence-electron chi connectivity index (χ2n) is 6.04. The molecule has 0 saturated heterocycles. The Labute approximate surface area is 164 Å². The lowest BCUT2D eigenvalue weighted by molar-refractivity contribution is -0.153. The van der Waals surface area contributed by atoms with Gasteiger partial charge in [-0.15, -0.1) is 11.3 Å². The first kappa shape index (κ1) is 19.9. The number of benzene rings is 2. The molecule has 2 aromatic carbocycles. The predicted octanol–water partition coefficient (Wildman–Crippen LogP) is 5.24. The van der Waals surface area contributed by atoms with E-state index < -0.39 is 18.7 Å². The van der Waals surface area contributed by atoms with Crippen LogP contribution in [-0.4, -0.2) is 23.7 Å². The van der Waals surface area contributed by atoms with E-state index in [4.69, 9.17) is 4.74 Å². The van der Waals surface area contributed by atoms with Gasteiger partial charge in [-0.2, -0.15) is 13.2 Å².